The Morgan fingerprint density at radius 1 is 1.17 bits per heavy atom. The number of carbonyl (C=O) groups is 1. The van der Waals surface area contributed by atoms with Crippen LogP contribution in [0.3, 0.4) is 0 Å². The van der Waals surface area contributed by atoms with E-state index in [0.29, 0.717) is 29.6 Å². The lowest BCUT2D eigenvalue weighted by Gasteiger charge is -2.59. The van der Waals surface area contributed by atoms with E-state index in [0.717, 1.165) is 38.5 Å². The summed E-state index contributed by atoms with van der Waals surface area (Å²) in [6, 6.07) is 0. The molecule has 4 rings (SSSR count). The average Bonchev–Trinajstić information content (AvgIpc) is 3.16. The van der Waals surface area contributed by atoms with Crippen molar-refractivity contribution in [2.45, 2.75) is 130 Å². The number of hydrogen-bond donors (Lipinski definition) is 2. The molecule has 8 atom stereocenters. The van der Waals surface area contributed by atoms with Crippen molar-refractivity contribution < 1.29 is 19.7 Å². The Hall–Kier alpha value is -1.29. The molecule has 0 aliphatic heterocycles. The molecular formula is C32H52O4. The molecule has 0 radical (unpaired) electrons. The van der Waals surface area contributed by atoms with E-state index in [9.17, 15) is 15.0 Å². The first kappa shape index (κ1) is 27.7. The summed E-state index contributed by atoms with van der Waals surface area (Å²) in [5.41, 5.74) is 1.41. The van der Waals surface area contributed by atoms with Crippen LogP contribution in [-0.4, -0.2) is 27.9 Å². The highest BCUT2D eigenvalue weighted by Crippen LogP contribution is 2.67. The van der Waals surface area contributed by atoms with Gasteiger partial charge >= 0.3 is 5.97 Å². The molecule has 4 heteroatoms. The van der Waals surface area contributed by atoms with Gasteiger partial charge in [0.25, 0.3) is 0 Å². The number of ether oxygens (including phenoxy) is 1. The Morgan fingerprint density at radius 2 is 1.92 bits per heavy atom. The number of hydrogen-bond acceptors (Lipinski definition) is 4. The summed E-state index contributed by atoms with van der Waals surface area (Å²) in [4.78, 5) is 12.2. The summed E-state index contributed by atoms with van der Waals surface area (Å²) in [6.07, 6.45) is 15.2. The molecule has 3 saturated carbocycles. The maximum atomic E-state index is 12.2. The summed E-state index contributed by atoms with van der Waals surface area (Å²) in [5.74, 6) is 3.05. The first-order valence-electron chi connectivity index (χ1n) is 14.8. The lowest BCUT2D eigenvalue weighted by Crippen LogP contribution is -2.53. The van der Waals surface area contributed by atoms with E-state index in [-0.39, 0.29) is 41.5 Å². The third-order valence-electron chi connectivity index (χ3n) is 11.2. The van der Waals surface area contributed by atoms with Crippen LogP contribution >= 0.6 is 0 Å². The zero-order valence-electron chi connectivity index (χ0n) is 23.7. The minimum atomic E-state index is -0.560. The Balaban J connectivity index is 1.43. The lowest BCUT2D eigenvalue weighted by molar-refractivity contribution is -0.152. The first-order valence-corrected chi connectivity index (χ1v) is 14.8. The quantitative estimate of drug-likeness (QED) is 0.192. The SMILES string of the molecule is C=C(O)CCC(=O)OC1CCC2(C)C(=CCC3C2CCC2(C)C3CCC2C(C)(O)CCCC(C)C)C1. The number of esters is 1. The molecule has 0 aromatic heterocycles. The number of allylic oxidation sites excluding steroid dienone is 2. The van der Waals surface area contributed by atoms with Crippen LogP contribution in [-0.2, 0) is 9.53 Å². The minimum Gasteiger partial charge on any atom is -0.513 e. The van der Waals surface area contributed by atoms with Crippen LogP contribution in [0.2, 0.25) is 0 Å². The van der Waals surface area contributed by atoms with E-state index < -0.39 is 5.60 Å². The Labute approximate surface area is 220 Å². The van der Waals surface area contributed by atoms with Crippen molar-refractivity contribution in [1.82, 2.24) is 0 Å². The summed E-state index contributed by atoms with van der Waals surface area (Å²) in [5, 5.41) is 20.9. The molecule has 0 bridgehead atoms. The molecule has 0 heterocycles. The first-order chi connectivity index (χ1) is 16.9. The largest absolute Gasteiger partial charge is 0.513 e. The molecule has 0 spiro atoms. The fourth-order valence-electron chi connectivity index (χ4n) is 9.28. The lowest BCUT2D eigenvalue weighted by atomic mass is 9.46. The third-order valence-corrected chi connectivity index (χ3v) is 11.2. The van der Waals surface area contributed by atoms with E-state index in [1.165, 1.54) is 37.7 Å². The highest BCUT2D eigenvalue weighted by molar-refractivity contribution is 5.69. The molecule has 3 fully saturated rings. The van der Waals surface area contributed by atoms with Crippen molar-refractivity contribution in [1.29, 1.82) is 0 Å². The standard InChI is InChI=1S/C32H52O4/c1-21(2)8-7-17-32(6,35)28-13-12-26-25-11-10-23-20-24(36-29(34)14-9-22(3)33)15-18-30(23,4)27(25)16-19-31(26,28)5/h10,21,24-28,33,35H,3,7-9,11-20H2,1-2,4-6H3. The third kappa shape index (κ3) is 5.31. The molecule has 4 aliphatic carbocycles. The van der Waals surface area contributed by atoms with Gasteiger partial charge in [-0.25, -0.2) is 0 Å². The van der Waals surface area contributed by atoms with Gasteiger partial charge in [-0.2, -0.15) is 0 Å². The van der Waals surface area contributed by atoms with Crippen molar-refractivity contribution in [2.75, 3.05) is 0 Å². The van der Waals surface area contributed by atoms with E-state index in [1.807, 2.05) is 0 Å². The van der Waals surface area contributed by atoms with Crippen LogP contribution in [0.25, 0.3) is 0 Å². The number of carbonyl (C=O) groups excluding carboxylic acids is 1. The van der Waals surface area contributed by atoms with Crippen molar-refractivity contribution in [3.63, 3.8) is 0 Å². The van der Waals surface area contributed by atoms with Crippen LogP contribution in [0.15, 0.2) is 24.0 Å². The second-order valence-corrected chi connectivity index (χ2v) is 14.0. The van der Waals surface area contributed by atoms with Gasteiger partial charge in [-0.15, -0.1) is 0 Å². The topological polar surface area (TPSA) is 66.8 Å². The van der Waals surface area contributed by atoms with Crippen LogP contribution in [0.1, 0.15) is 118 Å². The number of fused-ring (bicyclic) bond motifs is 5. The fraction of sp³-hybridized carbons (Fsp3) is 0.844. The van der Waals surface area contributed by atoms with E-state index in [4.69, 9.17) is 4.74 Å². The van der Waals surface area contributed by atoms with Gasteiger partial charge in [-0.05, 0) is 98.7 Å². The van der Waals surface area contributed by atoms with Gasteiger partial charge in [0.05, 0.1) is 17.8 Å². The minimum absolute atomic E-state index is 0.0361. The number of rotatable bonds is 9. The smallest absolute Gasteiger partial charge is 0.306 e. The zero-order chi connectivity index (χ0) is 26.3. The summed E-state index contributed by atoms with van der Waals surface area (Å²) in [7, 11) is 0. The molecular weight excluding hydrogens is 448 g/mol. The molecule has 0 saturated heterocycles. The van der Waals surface area contributed by atoms with Crippen molar-refractivity contribution in [3.8, 4) is 0 Å². The molecule has 204 valence electrons. The van der Waals surface area contributed by atoms with Crippen LogP contribution in [0.5, 0.6) is 0 Å². The summed E-state index contributed by atoms with van der Waals surface area (Å²) >= 11 is 0. The predicted molar refractivity (Wildman–Crippen MR) is 145 cm³/mol. The van der Waals surface area contributed by atoms with Crippen molar-refractivity contribution in [3.05, 3.63) is 24.0 Å². The summed E-state index contributed by atoms with van der Waals surface area (Å²) in [6.45, 7) is 15.2. The normalized spacial score (nSPS) is 39.4. The summed E-state index contributed by atoms with van der Waals surface area (Å²) < 4.78 is 5.80. The molecule has 8 unspecified atom stereocenters. The van der Waals surface area contributed by atoms with Gasteiger partial charge in [0, 0.05) is 12.8 Å². The molecule has 2 N–H and O–H groups in total. The van der Waals surface area contributed by atoms with Gasteiger partial charge in [0.15, 0.2) is 0 Å². The maximum Gasteiger partial charge on any atom is 0.306 e. The Bertz CT molecular complexity index is 856. The molecule has 36 heavy (non-hydrogen) atoms. The monoisotopic (exact) mass is 500 g/mol. The maximum absolute atomic E-state index is 12.2. The van der Waals surface area contributed by atoms with Gasteiger partial charge in [0.2, 0.25) is 0 Å². The molecule has 4 aliphatic rings. The van der Waals surface area contributed by atoms with E-state index in [1.54, 1.807) is 0 Å². The van der Waals surface area contributed by atoms with Gasteiger partial charge in [-0.3, -0.25) is 4.79 Å². The average molecular weight is 501 g/mol. The highest BCUT2D eigenvalue weighted by Gasteiger charge is 2.61. The highest BCUT2D eigenvalue weighted by atomic mass is 16.5. The van der Waals surface area contributed by atoms with Gasteiger partial charge in [0.1, 0.15) is 6.10 Å². The van der Waals surface area contributed by atoms with Crippen LogP contribution in [0.4, 0.5) is 0 Å². The molecule has 4 nitrogen and oxygen atoms in total. The van der Waals surface area contributed by atoms with Crippen molar-refractivity contribution in [2.24, 2.45) is 40.4 Å². The van der Waals surface area contributed by atoms with Crippen LogP contribution in [0, 0.1) is 40.4 Å². The van der Waals surface area contributed by atoms with Crippen LogP contribution < -0.4 is 0 Å². The van der Waals surface area contributed by atoms with E-state index in [2.05, 4.69) is 47.3 Å². The second-order valence-electron chi connectivity index (χ2n) is 14.0. The number of aliphatic hydroxyl groups is 2. The van der Waals surface area contributed by atoms with Gasteiger partial charge in [-0.1, -0.05) is 58.8 Å². The van der Waals surface area contributed by atoms with Crippen molar-refractivity contribution >= 4 is 5.97 Å². The molecule has 0 aromatic carbocycles. The second kappa shape index (κ2) is 10.5. The molecule has 0 aromatic rings. The Kier molecular flexibility index (Phi) is 8.06. The van der Waals surface area contributed by atoms with Gasteiger partial charge < -0.3 is 14.9 Å². The van der Waals surface area contributed by atoms with E-state index >= 15 is 0 Å². The zero-order valence-corrected chi connectivity index (χ0v) is 23.7. The number of aliphatic hydroxyl groups excluding tert-OH is 1. The Morgan fingerprint density at radius 3 is 2.61 bits per heavy atom. The predicted octanol–water partition coefficient (Wildman–Crippen LogP) is 7.91. The molecule has 0 amide bonds. The fourth-order valence-corrected chi connectivity index (χ4v) is 9.28.